The van der Waals surface area contributed by atoms with Gasteiger partial charge in [-0.2, -0.15) is 0 Å². The lowest BCUT2D eigenvalue weighted by atomic mass is 10.0. The zero-order valence-electron chi connectivity index (χ0n) is 15.3. The maximum Gasteiger partial charge on any atom is 0.222 e. The van der Waals surface area contributed by atoms with E-state index in [0.29, 0.717) is 29.7 Å². The second-order valence-corrected chi connectivity index (χ2v) is 6.32. The van der Waals surface area contributed by atoms with Crippen molar-refractivity contribution in [3.05, 3.63) is 59.1 Å². The Labute approximate surface area is 163 Å². The minimum absolute atomic E-state index is 0.132. The molecule has 2 aromatic carbocycles. The third-order valence-electron chi connectivity index (χ3n) is 3.79. The lowest BCUT2D eigenvalue weighted by molar-refractivity contribution is -0.122. The van der Waals surface area contributed by atoms with Crippen molar-refractivity contribution in [2.24, 2.45) is 0 Å². The zero-order chi connectivity index (χ0) is 19.6. The number of carbonyl (C=O) groups excluding carboxylic acids is 2. The molecule has 144 valence electrons. The summed E-state index contributed by atoms with van der Waals surface area (Å²) in [6, 6.07) is 13.8. The van der Waals surface area contributed by atoms with E-state index < -0.39 is 6.04 Å². The molecule has 0 aliphatic heterocycles. The van der Waals surface area contributed by atoms with Crippen LogP contribution in [0.4, 0.5) is 0 Å². The molecule has 6 nitrogen and oxygen atoms in total. The lowest BCUT2D eigenvalue weighted by Crippen LogP contribution is -2.34. The van der Waals surface area contributed by atoms with Gasteiger partial charge in [-0.1, -0.05) is 23.7 Å². The first-order chi connectivity index (χ1) is 13.0. The molecule has 0 aliphatic rings. The van der Waals surface area contributed by atoms with Gasteiger partial charge in [0.25, 0.3) is 0 Å². The Morgan fingerprint density at radius 1 is 1.04 bits per heavy atom. The van der Waals surface area contributed by atoms with E-state index in [9.17, 15) is 9.59 Å². The van der Waals surface area contributed by atoms with E-state index >= 15 is 0 Å². The van der Waals surface area contributed by atoms with Crippen LogP contribution < -0.4 is 20.1 Å². The second-order valence-electron chi connectivity index (χ2n) is 5.88. The Kier molecular flexibility index (Phi) is 7.95. The van der Waals surface area contributed by atoms with E-state index in [1.165, 1.54) is 6.92 Å². The highest BCUT2D eigenvalue weighted by molar-refractivity contribution is 6.30. The summed E-state index contributed by atoms with van der Waals surface area (Å²) < 4.78 is 10.7. The number of benzene rings is 2. The Balaban J connectivity index is 1.83. The summed E-state index contributed by atoms with van der Waals surface area (Å²) in [5.74, 6) is 1.02. The van der Waals surface area contributed by atoms with Gasteiger partial charge in [0.15, 0.2) is 0 Å². The van der Waals surface area contributed by atoms with Crippen LogP contribution in [0.5, 0.6) is 11.5 Å². The molecule has 2 N–H and O–H groups in total. The summed E-state index contributed by atoms with van der Waals surface area (Å²) >= 11 is 5.82. The highest BCUT2D eigenvalue weighted by atomic mass is 35.5. The van der Waals surface area contributed by atoms with Crippen molar-refractivity contribution in [1.82, 2.24) is 10.6 Å². The number of hydrogen-bond acceptors (Lipinski definition) is 4. The van der Waals surface area contributed by atoms with Gasteiger partial charge in [0, 0.05) is 11.9 Å². The molecule has 0 bridgehead atoms. The van der Waals surface area contributed by atoms with E-state index in [0.717, 1.165) is 5.56 Å². The predicted octanol–water partition coefficient (Wildman–Crippen LogP) is 3.11. The standard InChI is InChI=1S/C20H23ClN2O4/c1-14(24)23-19(15-3-7-17(26-2)8-4-15)13-20(25)22-11-12-27-18-9-5-16(21)6-10-18/h3-10,19H,11-13H2,1-2H3,(H,22,25)(H,23,24). The molecular weight excluding hydrogens is 368 g/mol. The van der Waals surface area contributed by atoms with Crippen molar-refractivity contribution in [2.45, 2.75) is 19.4 Å². The molecule has 0 radical (unpaired) electrons. The predicted molar refractivity (Wildman–Crippen MR) is 104 cm³/mol. The van der Waals surface area contributed by atoms with Crippen molar-refractivity contribution < 1.29 is 19.1 Å². The van der Waals surface area contributed by atoms with Gasteiger partial charge in [-0.25, -0.2) is 0 Å². The van der Waals surface area contributed by atoms with E-state index in [2.05, 4.69) is 10.6 Å². The maximum atomic E-state index is 12.2. The number of methoxy groups -OCH3 is 1. The van der Waals surface area contributed by atoms with Crippen LogP contribution in [0, 0.1) is 0 Å². The molecule has 1 atom stereocenters. The van der Waals surface area contributed by atoms with Crippen LogP contribution in [-0.4, -0.2) is 32.1 Å². The van der Waals surface area contributed by atoms with E-state index in [1.807, 2.05) is 12.1 Å². The fourth-order valence-electron chi connectivity index (χ4n) is 2.48. The number of carbonyl (C=O) groups is 2. The minimum Gasteiger partial charge on any atom is -0.497 e. The van der Waals surface area contributed by atoms with Crippen molar-refractivity contribution in [1.29, 1.82) is 0 Å². The molecule has 0 saturated heterocycles. The monoisotopic (exact) mass is 390 g/mol. The third kappa shape index (κ3) is 7.19. The van der Waals surface area contributed by atoms with Crippen LogP contribution in [0.25, 0.3) is 0 Å². The Hall–Kier alpha value is -2.73. The smallest absolute Gasteiger partial charge is 0.222 e. The number of nitrogens with one attached hydrogen (secondary N) is 2. The fraction of sp³-hybridized carbons (Fsp3) is 0.300. The first-order valence-corrected chi connectivity index (χ1v) is 8.92. The summed E-state index contributed by atoms with van der Waals surface area (Å²) in [7, 11) is 1.58. The summed E-state index contributed by atoms with van der Waals surface area (Å²) in [6.45, 7) is 2.12. The topological polar surface area (TPSA) is 76.7 Å². The fourth-order valence-corrected chi connectivity index (χ4v) is 2.61. The molecule has 27 heavy (non-hydrogen) atoms. The van der Waals surface area contributed by atoms with Gasteiger partial charge < -0.3 is 20.1 Å². The Morgan fingerprint density at radius 2 is 1.67 bits per heavy atom. The van der Waals surface area contributed by atoms with Gasteiger partial charge in [-0.15, -0.1) is 0 Å². The normalized spacial score (nSPS) is 11.4. The van der Waals surface area contributed by atoms with Gasteiger partial charge in [-0.3, -0.25) is 9.59 Å². The van der Waals surface area contributed by atoms with Crippen LogP contribution in [0.2, 0.25) is 5.02 Å². The highest BCUT2D eigenvalue weighted by Crippen LogP contribution is 2.20. The average Bonchev–Trinajstić information content (AvgIpc) is 2.66. The molecule has 1 unspecified atom stereocenters. The molecule has 0 aromatic heterocycles. The summed E-state index contributed by atoms with van der Waals surface area (Å²) in [6.07, 6.45) is 0.132. The average molecular weight is 391 g/mol. The van der Waals surface area contributed by atoms with E-state index in [1.54, 1.807) is 43.5 Å². The summed E-state index contributed by atoms with van der Waals surface area (Å²) in [5.41, 5.74) is 0.832. The van der Waals surface area contributed by atoms with Gasteiger partial charge in [0.05, 0.1) is 26.1 Å². The van der Waals surface area contributed by atoms with Gasteiger partial charge >= 0.3 is 0 Å². The van der Waals surface area contributed by atoms with Crippen molar-refractivity contribution >= 4 is 23.4 Å². The van der Waals surface area contributed by atoms with Gasteiger partial charge in [0.1, 0.15) is 18.1 Å². The van der Waals surface area contributed by atoms with Gasteiger partial charge in [-0.05, 0) is 42.0 Å². The van der Waals surface area contributed by atoms with Gasteiger partial charge in [0.2, 0.25) is 11.8 Å². The Morgan fingerprint density at radius 3 is 2.26 bits per heavy atom. The van der Waals surface area contributed by atoms with E-state index in [-0.39, 0.29) is 18.2 Å². The summed E-state index contributed by atoms with van der Waals surface area (Å²) in [4.78, 5) is 23.7. The lowest BCUT2D eigenvalue weighted by Gasteiger charge is -2.18. The molecule has 0 heterocycles. The van der Waals surface area contributed by atoms with Crippen molar-refractivity contribution in [3.8, 4) is 11.5 Å². The molecule has 2 amide bonds. The quantitative estimate of drug-likeness (QED) is 0.645. The van der Waals surface area contributed by atoms with Crippen LogP contribution in [0.3, 0.4) is 0 Å². The molecule has 7 heteroatoms. The first kappa shape index (κ1) is 20.6. The van der Waals surface area contributed by atoms with E-state index in [4.69, 9.17) is 21.1 Å². The van der Waals surface area contributed by atoms with Crippen LogP contribution in [-0.2, 0) is 9.59 Å². The number of rotatable bonds is 9. The molecule has 0 saturated carbocycles. The van der Waals surface area contributed by atoms with Crippen LogP contribution >= 0.6 is 11.6 Å². The number of halogens is 1. The third-order valence-corrected chi connectivity index (χ3v) is 4.04. The molecular formula is C20H23ClN2O4. The minimum atomic E-state index is -0.411. The number of hydrogen-bond donors (Lipinski definition) is 2. The number of amides is 2. The largest absolute Gasteiger partial charge is 0.497 e. The Bertz CT molecular complexity index is 748. The first-order valence-electron chi connectivity index (χ1n) is 8.54. The molecule has 2 rings (SSSR count). The zero-order valence-corrected chi connectivity index (χ0v) is 16.1. The highest BCUT2D eigenvalue weighted by Gasteiger charge is 2.17. The molecule has 0 aliphatic carbocycles. The number of ether oxygens (including phenoxy) is 2. The van der Waals surface area contributed by atoms with Crippen molar-refractivity contribution in [2.75, 3.05) is 20.3 Å². The van der Waals surface area contributed by atoms with Crippen LogP contribution in [0.1, 0.15) is 24.9 Å². The second kappa shape index (κ2) is 10.4. The summed E-state index contributed by atoms with van der Waals surface area (Å²) in [5, 5.41) is 6.23. The maximum absolute atomic E-state index is 12.2. The van der Waals surface area contributed by atoms with Crippen molar-refractivity contribution in [3.63, 3.8) is 0 Å². The molecule has 0 spiro atoms. The SMILES string of the molecule is COc1ccc(C(CC(=O)NCCOc2ccc(Cl)cc2)NC(C)=O)cc1. The molecule has 2 aromatic rings. The van der Waals surface area contributed by atoms with Crippen LogP contribution in [0.15, 0.2) is 48.5 Å². The molecule has 0 fully saturated rings.